The highest BCUT2D eigenvalue weighted by molar-refractivity contribution is 7.89. The minimum Gasteiger partial charge on any atom is -0.338 e. The molecule has 1 aliphatic rings. The fraction of sp³-hybridized carbons (Fsp3) is 0.381. The van der Waals surface area contributed by atoms with E-state index in [1.165, 1.54) is 10.6 Å². The molecule has 1 saturated heterocycles. The number of anilines is 1. The molecule has 190 valence electrons. The van der Waals surface area contributed by atoms with Gasteiger partial charge in [0.15, 0.2) is 5.82 Å². The molecule has 4 heterocycles. The first-order chi connectivity index (χ1) is 17.4. The fourth-order valence-corrected chi connectivity index (χ4v) is 5.47. The lowest BCUT2D eigenvalue weighted by molar-refractivity contribution is -0.158. The van der Waals surface area contributed by atoms with E-state index in [9.17, 15) is 22.8 Å². The van der Waals surface area contributed by atoms with Gasteiger partial charge in [-0.3, -0.25) is 10.0 Å². The fourth-order valence-electron chi connectivity index (χ4n) is 3.74. The monoisotopic (exact) mass is 517 g/mol. The van der Waals surface area contributed by atoms with Crippen molar-refractivity contribution in [2.45, 2.75) is 18.9 Å². The predicted molar refractivity (Wildman–Crippen MR) is 124 cm³/mol. The van der Waals surface area contributed by atoms with E-state index in [4.69, 9.17) is 0 Å². The number of sulfonamides is 1. The lowest BCUT2D eigenvalue weighted by Crippen LogP contribution is -2.51. The first kappa shape index (κ1) is 25.4. The Morgan fingerprint density at radius 1 is 0.972 bits per heavy atom. The Balaban J connectivity index is 1.34. The van der Waals surface area contributed by atoms with Crippen molar-refractivity contribution in [2.24, 2.45) is 0 Å². The van der Waals surface area contributed by atoms with Crippen molar-refractivity contribution < 1.29 is 22.8 Å². The van der Waals surface area contributed by atoms with Crippen LogP contribution in [0.25, 0.3) is 11.1 Å². The van der Waals surface area contributed by atoms with Crippen LogP contribution in [0.1, 0.15) is 12.2 Å². The summed E-state index contributed by atoms with van der Waals surface area (Å²) in [4.78, 5) is 37.4. The summed E-state index contributed by atoms with van der Waals surface area (Å²) in [6.07, 6.45) is 10.5. The van der Waals surface area contributed by atoms with Gasteiger partial charge in [-0.1, -0.05) is 0 Å². The standard InChI is InChI=1S/C21H24FN9O4S/c22-18-11-25-20(26-12-18)2-1-19(31(33)15-32)13-36(34,35)30-5-3-29(4-6-30)21-27-9-17(10-28-21)16-7-23-14-24-8-16/h7-12,14-15,19,33H,1-6,13H2. The zero-order valence-corrected chi connectivity index (χ0v) is 19.9. The van der Waals surface area contributed by atoms with Gasteiger partial charge < -0.3 is 4.90 Å². The largest absolute Gasteiger partial charge is 0.338 e. The Morgan fingerprint density at radius 2 is 1.58 bits per heavy atom. The van der Waals surface area contributed by atoms with Gasteiger partial charge in [-0.05, 0) is 6.42 Å². The summed E-state index contributed by atoms with van der Waals surface area (Å²) in [6.45, 7) is 1.13. The van der Waals surface area contributed by atoms with Crippen molar-refractivity contribution >= 4 is 22.4 Å². The van der Waals surface area contributed by atoms with Gasteiger partial charge in [0.25, 0.3) is 0 Å². The summed E-state index contributed by atoms with van der Waals surface area (Å²) in [5.41, 5.74) is 1.55. The molecule has 1 atom stereocenters. The number of aryl methyl sites for hydroxylation is 1. The number of hydrogen-bond donors (Lipinski definition) is 1. The molecule has 1 aliphatic heterocycles. The summed E-state index contributed by atoms with van der Waals surface area (Å²) < 4.78 is 40.4. The molecule has 0 saturated carbocycles. The summed E-state index contributed by atoms with van der Waals surface area (Å²) in [7, 11) is -3.81. The summed E-state index contributed by atoms with van der Waals surface area (Å²) in [5.74, 6) is -0.320. The molecule has 0 aromatic carbocycles. The van der Waals surface area contributed by atoms with Crippen molar-refractivity contribution in [3.63, 3.8) is 0 Å². The summed E-state index contributed by atoms with van der Waals surface area (Å²) >= 11 is 0. The Kier molecular flexibility index (Phi) is 8.02. The number of nitrogens with zero attached hydrogens (tertiary/aromatic N) is 9. The molecule has 1 unspecified atom stereocenters. The van der Waals surface area contributed by atoms with Gasteiger partial charge in [0.2, 0.25) is 22.4 Å². The molecule has 13 nitrogen and oxygen atoms in total. The van der Waals surface area contributed by atoms with E-state index in [1.54, 1.807) is 24.8 Å². The van der Waals surface area contributed by atoms with E-state index in [2.05, 4.69) is 29.9 Å². The van der Waals surface area contributed by atoms with Crippen molar-refractivity contribution in [1.29, 1.82) is 0 Å². The van der Waals surface area contributed by atoms with E-state index in [1.807, 2.05) is 4.90 Å². The lowest BCUT2D eigenvalue weighted by atomic mass is 10.2. The molecule has 0 bridgehead atoms. The molecule has 0 radical (unpaired) electrons. The van der Waals surface area contributed by atoms with Crippen LogP contribution in [-0.2, 0) is 21.2 Å². The van der Waals surface area contributed by atoms with Crippen LogP contribution in [0.5, 0.6) is 0 Å². The number of aromatic nitrogens is 6. The number of hydroxylamine groups is 2. The maximum absolute atomic E-state index is 13.0. The maximum atomic E-state index is 13.0. The Bertz CT molecular complexity index is 1240. The first-order valence-corrected chi connectivity index (χ1v) is 12.7. The number of rotatable bonds is 10. The number of hydrogen-bond acceptors (Lipinski definition) is 11. The van der Waals surface area contributed by atoms with E-state index < -0.39 is 27.6 Å². The zero-order valence-electron chi connectivity index (χ0n) is 19.1. The van der Waals surface area contributed by atoms with Crippen LogP contribution < -0.4 is 4.90 Å². The van der Waals surface area contributed by atoms with Crippen LogP contribution >= 0.6 is 0 Å². The maximum Gasteiger partial charge on any atom is 0.233 e. The summed E-state index contributed by atoms with van der Waals surface area (Å²) in [5, 5.41) is 10.3. The van der Waals surface area contributed by atoms with Crippen molar-refractivity contribution in [3.05, 3.63) is 55.2 Å². The first-order valence-electron chi connectivity index (χ1n) is 11.0. The number of piperazine rings is 1. The second kappa shape index (κ2) is 11.4. The Morgan fingerprint density at radius 3 is 2.19 bits per heavy atom. The van der Waals surface area contributed by atoms with Crippen LogP contribution in [0.2, 0.25) is 0 Å². The molecule has 15 heteroatoms. The van der Waals surface area contributed by atoms with E-state index in [0.29, 0.717) is 24.1 Å². The van der Waals surface area contributed by atoms with Gasteiger partial charge in [0, 0.05) is 68.5 Å². The van der Waals surface area contributed by atoms with Crippen molar-refractivity contribution in [2.75, 3.05) is 36.8 Å². The quantitative estimate of drug-likeness (QED) is 0.222. The third-order valence-electron chi connectivity index (χ3n) is 5.71. The molecule has 3 aromatic rings. The van der Waals surface area contributed by atoms with Crippen molar-refractivity contribution in [3.8, 4) is 11.1 Å². The predicted octanol–water partition coefficient (Wildman–Crippen LogP) is 0.164. The highest BCUT2D eigenvalue weighted by Gasteiger charge is 2.32. The molecule has 36 heavy (non-hydrogen) atoms. The normalized spacial score (nSPS) is 15.4. The van der Waals surface area contributed by atoms with Crippen LogP contribution in [-0.4, -0.2) is 97.3 Å². The third kappa shape index (κ3) is 6.30. The van der Waals surface area contributed by atoms with Crippen LogP contribution in [0.3, 0.4) is 0 Å². The van der Waals surface area contributed by atoms with Crippen LogP contribution in [0.15, 0.2) is 43.5 Å². The van der Waals surface area contributed by atoms with Gasteiger partial charge in [-0.2, -0.15) is 4.31 Å². The molecule has 4 rings (SSSR count). The molecular formula is C21H24FN9O4S. The van der Waals surface area contributed by atoms with E-state index >= 15 is 0 Å². The van der Waals surface area contributed by atoms with Crippen molar-refractivity contribution in [1.82, 2.24) is 39.3 Å². The molecule has 1 N–H and O–H groups in total. The molecule has 0 spiro atoms. The topological polar surface area (TPSA) is 158 Å². The average Bonchev–Trinajstić information content (AvgIpc) is 2.92. The van der Waals surface area contributed by atoms with E-state index in [0.717, 1.165) is 23.5 Å². The molecule has 3 aromatic heterocycles. The van der Waals surface area contributed by atoms with Gasteiger partial charge in [-0.15, -0.1) is 0 Å². The van der Waals surface area contributed by atoms with Crippen LogP contribution in [0.4, 0.5) is 10.3 Å². The van der Waals surface area contributed by atoms with Gasteiger partial charge >= 0.3 is 0 Å². The SMILES string of the molecule is O=CN(O)C(CCc1ncc(F)cn1)CS(=O)(=O)N1CCN(c2ncc(-c3cncnc3)cn2)CC1. The lowest BCUT2D eigenvalue weighted by Gasteiger charge is -2.35. The number of amides is 1. The molecule has 0 aliphatic carbocycles. The highest BCUT2D eigenvalue weighted by Crippen LogP contribution is 2.19. The Labute approximate surface area is 206 Å². The third-order valence-corrected chi connectivity index (χ3v) is 7.67. The minimum atomic E-state index is -3.81. The average molecular weight is 518 g/mol. The molecular weight excluding hydrogens is 493 g/mol. The second-order valence-electron chi connectivity index (χ2n) is 8.06. The number of halogens is 1. The number of carbonyl (C=O) groups excluding carboxylic acids is 1. The van der Waals surface area contributed by atoms with Crippen LogP contribution in [0, 0.1) is 5.82 Å². The second-order valence-corrected chi connectivity index (χ2v) is 10.1. The molecule has 1 fully saturated rings. The highest BCUT2D eigenvalue weighted by atomic mass is 32.2. The molecule has 1 amide bonds. The van der Waals surface area contributed by atoms with Gasteiger partial charge in [0.1, 0.15) is 12.2 Å². The van der Waals surface area contributed by atoms with Gasteiger partial charge in [-0.25, -0.2) is 47.8 Å². The van der Waals surface area contributed by atoms with E-state index in [-0.39, 0.29) is 38.2 Å². The van der Waals surface area contributed by atoms with Gasteiger partial charge in [0.05, 0.1) is 24.2 Å². The summed E-state index contributed by atoms with van der Waals surface area (Å²) in [6, 6.07) is -1.02. The minimum absolute atomic E-state index is 0.0761. The smallest absolute Gasteiger partial charge is 0.233 e. The Hall–Kier alpha value is -3.69. The zero-order chi connectivity index (χ0) is 25.5. The number of carbonyl (C=O) groups is 1.